The van der Waals surface area contributed by atoms with Gasteiger partial charge in [0, 0.05) is 42.5 Å². The first-order valence-corrected chi connectivity index (χ1v) is 10.2. The highest BCUT2D eigenvalue weighted by atomic mass is 35.5. The normalized spacial score (nSPS) is 14.5. The summed E-state index contributed by atoms with van der Waals surface area (Å²) in [5, 5.41) is 10.2. The van der Waals surface area contributed by atoms with Crippen molar-refractivity contribution in [2.45, 2.75) is 0 Å². The molecule has 2 amide bonds. The fourth-order valence-electron chi connectivity index (χ4n) is 3.53. The minimum absolute atomic E-state index is 0.109. The van der Waals surface area contributed by atoms with E-state index in [-0.39, 0.29) is 18.4 Å². The van der Waals surface area contributed by atoms with Gasteiger partial charge in [-0.2, -0.15) is 5.10 Å². The van der Waals surface area contributed by atoms with E-state index in [2.05, 4.69) is 15.5 Å². The van der Waals surface area contributed by atoms with Gasteiger partial charge in [0.15, 0.2) is 0 Å². The SMILES string of the molecule is O=C(CN1CCN(C(=O)c2cn[nH]c2-c2ccc(Cl)cc2)CC1)Nc1cccc(F)c1. The van der Waals surface area contributed by atoms with Crippen LogP contribution >= 0.6 is 11.6 Å². The molecule has 1 aliphatic rings. The summed E-state index contributed by atoms with van der Waals surface area (Å²) >= 11 is 5.95. The topological polar surface area (TPSA) is 81.3 Å². The monoisotopic (exact) mass is 441 g/mol. The van der Waals surface area contributed by atoms with Crippen molar-refractivity contribution in [3.05, 3.63) is 71.1 Å². The quantitative estimate of drug-likeness (QED) is 0.636. The lowest BCUT2D eigenvalue weighted by atomic mass is 10.1. The highest BCUT2D eigenvalue weighted by Gasteiger charge is 2.26. The highest BCUT2D eigenvalue weighted by Crippen LogP contribution is 2.24. The summed E-state index contributed by atoms with van der Waals surface area (Å²) in [4.78, 5) is 29.0. The number of hydrogen-bond donors (Lipinski definition) is 2. The Labute approximate surface area is 183 Å². The van der Waals surface area contributed by atoms with Crippen molar-refractivity contribution in [2.24, 2.45) is 0 Å². The van der Waals surface area contributed by atoms with Gasteiger partial charge in [-0.15, -0.1) is 0 Å². The molecule has 0 spiro atoms. The first-order chi connectivity index (χ1) is 15.0. The van der Waals surface area contributed by atoms with Crippen LogP contribution < -0.4 is 5.32 Å². The Hall–Kier alpha value is -3.23. The summed E-state index contributed by atoms with van der Waals surface area (Å²) in [6.07, 6.45) is 1.53. The van der Waals surface area contributed by atoms with Crippen LogP contribution in [0.1, 0.15) is 10.4 Å². The van der Waals surface area contributed by atoms with Crippen molar-refractivity contribution >= 4 is 29.1 Å². The molecule has 1 aliphatic heterocycles. The number of hydrogen-bond acceptors (Lipinski definition) is 4. The molecule has 0 bridgehead atoms. The number of nitrogens with zero attached hydrogens (tertiary/aromatic N) is 3. The molecule has 31 heavy (non-hydrogen) atoms. The van der Waals surface area contributed by atoms with Gasteiger partial charge in [-0.25, -0.2) is 4.39 Å². The van der Waals surface area contributed by atoms with E-state index in [1.165, 1.54) is 18.3 Å². The minimum Gasteiger partial charge on any atom is -0.336 e. The van der Waals surface area contributed by atoms with Crippen LogP contribution in [0.3, 0.4) is 0 Å². The van der Waals surface area contributed by atoms with E-state index in [1.54, 1.807) is 29.2 Å². The molecule has 1 aromatic heterocycles. The smallest absolute Gasteiger partial charge is 0.257 e. The van der Waals surface area contributed by atoms with Crippen molar-refractivity contribution in [1.29, 1.82) is 0 Å². The van der Waals surface area contributed by atoms with Crippen molar-refractivity contribution in [2.75, 3.05) is 38.0 Å². The molecule has 1 fully saturated rings. The molecule has 7 nitrogen and oxygen atoms in total. The number of rotatable bonds is 5. The predicted molar refractivity (Wildman–Crippen MR) is 116 cm³/mol. The van der Waals surface area contributed by atoms with E-state index in [4.69, 9.17) is 11.6 Å². The zero-order valence-corrected chi connectivity index (χ0v) is 17.4. The Bertz CT molecular complexity index is 1080. The first kappa shape index (κ1) is 21.0. The van der Waals surface area contributed by atoms with Crippen LogP contribution in [0.2, 0.25) is 5.02 Å². The molecular weight excluding hydrogens is 421 g/mol. The molecule has 4 rings (SSSR count). The number of nitrogens with one attached hydrogen (secondary N) is 2. The number of carbonyl (C=O) groups is 2. The summed E-state index contributed by atoms with van der Waals surface area (Å²) in [7, 11) is 0. The molecule has 0 unspecified atom stereocenters. The lowest BCUT2D eigenvalue weighted by Gasteiger charge is -2.34. The number of amides is 2. The molecule has 0 saturated carbocycles. The van der Waals surface area contributed by atoms with Crippen LogP contribution in [0, 0.1) is 5.82 Å². The molecule has 2 N–H and O–H groups in total. The van der Waals surface area contributed by atoms with Gasteiger partial charge in [-0.1, -0.05) is 29.8 Å². The molecule has 3 aromatic rings. The Morgan fingerprint density at radius 3 is 2.55 bits per heavy atom. The number of carbonyl (C=O) groups excluding carboxylic acids is 2. The van der Waals surface area contributed by atoms with Gasteiger partial charge >= 0.3 is 0 Å². The third-order valence-corrected chi connectivity index (χ3v) is 5.39. The van der Waals surface area contributed by atoms with E-state index in [0.29, 0.717) is 48.1 Å². The van der Waals surface area contributed by atoms with Crippen molar-refractivity contribution in [3.8, 4) is 11.3 Å². The predicted octanol–water partition coefficient (Wildman–Crippen LogP) is 3.27. The first-order valence-electron chi connectivity index (χ1n) is 9.86. The fourth-order valence-corrected chi connectivity index (χ4v) is 3.66. The summed E-state index contributed by atoms with van der Waals surface area (Å²) < 4.78 is 13.3. The van der Waals surface area contributed by atoms with E-state index in [1.807, 2.05) is 17.0 Å². The van der Waals surface area contributed by atoms with Gasteiger partial charge in [0.1, 0.15) is 5.82 Å². The standard InChI is InChI=1S/C22H21ClFN5O2/c23-16-6-4-15(5-7-16)21-19(13-25-27-21)22(31)29-10-8-28(9-11-29)14-20(30)26-18-3-1-2-17(24)12-18/h1-7,12-13H,8-11,14H2,(H,25,27)(H,26,30). The number of halogens is 2. The van der Waals surface area contributed by atoms with E-state index >= 15 is 0 Å². The van der Waals surface area contributed by atoms with Gasteiger partial charge in [-0.3, -0.25) is 19.6 Å². The van der Waals surface area contributed by atoms with Crippen molar-refractivity contribution < 1.29 is 14.0 Å². The average Bonchev–Trinajstić information content (AvgIpc) is 3.24. The number of H-pyrrole nitrogens is 1. The average molecular weight is 442 g/mol. The number of aromatic amines is 1. The second-order valence-corrected chi connectivity index (χ2v) is 7.73. The number of aromatic nitrogens is 2. The maximum absolute atomic E-state index is 13.3. The lowest BCUT2D eigenvalue weighted by Crippen LogP contribution is -2.50. The Kier molecular flexibility index (Phi) is 6.29. The largest absolute Gasteiger partial charge is 0.336 e. The van der Waals surface area contributed by atoms with Crippen LogP contribution in [0.4, 0.5) is 10.1 Å². The summed E-state index contributed by atoms with van der Waals surface area (Å²) in [5.41, 5.74) is 2.41. The third kappa shape index (κ3) is 5.10. The molecule has 2 aromatic carbocycles. The second kappa shape index (κ2) is 9.28. The lowest BCUT2D eigenvalue weighted by molar-refractivity contribution is -0.117. The van der Waals surface area contributed by atoms with Gasteiger partial charge < -0.3 is 10.2 Å². The second-order valence-electron chi connectivity index (χ2n) is 7.29. The van der Waals surface area contributed by atoms with Gasteiger partial charge in [0.2, 0.25) is 5.91 Å². The Morgan fingerprint density at radius 1 is 1.10 bits per heavy atom. The maximum Gasteiger partial charge on any atom is 0.257 e. The molecule has 9 heteroatoms. The molecule has 160 valence electrons. The van der Waals surface area contributed by atoms with Crippen LogP contribution in [0.25, 0.3) is 11.3 Å². The van der Waals surface area contributed by atoms with Crippen molar-refractivity contribution in [1.82, 2.24) is 20.0 Å². The van der Waals surface area contributed by atoms with E-state index < -0.39 is 5.82 Å². The number of anilines is 1. The zero-order valence-electron chi connectivity index (χ0n) is 16.6. The molecule has 2 heterocycles. The van der Waals surface area contributed by atoms with E-state index in [9.17, 15) is 14.0 Å². The summed E-state index contributed by atoms with van der Waals surface area (Å²) in [6.45, 7) is 2.31. The zero-order chi connectivity index (χ0) is 21.8. The molecule has 0 aliphatic carbocycles. The number of piperazine rings is 1. The van der Waals surface area contributed by atoms with Crippen LogP contribution in [-0.4, -0.2) is 64.5 Å². The molecule has 0 atom stereocenters. The summed E-state index contributed by atoms with van der Waals surface area (Å²) in [5.74, 6) is -0.727. The van der Waals surface area contributed by atoms with Gasteiger partial charge in [-0.05, 0) is 30.3 Å². The van der Waals surface area contributed by atoms with Gasteiger partial charge in [0.25, 0.3) is 5.91 Å². The minimum atomic E-state index is -0.401. The Morgan fingerprint density at radius 2 is 1.84 bits per heavy atom. The van der Waals surface area contributed by atoms with E-state index in [0.717, 1.165) is 5.56 Å². The van der Waals surface area contributed by atoms with Gasteiger partial charge in [0.05, 0.1) is 24.0 Å². The van der Waals surface area contributed by atoms with Crippen molar-refractivity contribution in [3.63, 3.8) is 0 Å². The maximum atomic E-state index is 13.3. The molecular formula is C22H21ClFN5O2. The molecule has 0 radical (unpaired) electrons. The number of benzene rings is 2. The fraction of sp³-hybridized carbons (Fsp3) is 0.227. The summed E-state index contributed by atoms with van der Waals surface area (Å²) in [6, 6.07) is 13.0. The third-order valence-electron chi connectivity index (χ3n) is 5.14. The van der Waals surface area contributed by atoms with Crippen LogP contribution in [0.5, 0.6) is 0 Å². The highest BCUT2D eigenvalue weighted by molar-refractivity contribution is 6.30. The Balaban J connectivity index is 1.33. The molecule has 1 saturated heterocycles. The van der Waals surface area contributed by atoms with Crippen LogP contribution in [0.15, 0.2) is 54.7 Å². The van der Waals surface area contributed by atoms with Crippen LogP contribution in [-0.2, 0) is 4.79 Å².